The van der Waals surface area contributed by atoms with E-state index in [1.54, 1.807) is 6.92 Å². The number of oxime groups is 1. The minimum absolute atomic E-state index is 0.442. The average molecular weight is 277 g/mol. The molecule has 0 fully saturated rings. The molecular weight excluding hydrogens is 262 g/mol. The second-order valence-electron chi connectivity index (χ2n) is 4.42. The van der Waals surface area contributed by atoms with Gasteiger partial charge in [0.25, 0.3) is 0 Å². The van der Waals surface area contributed by atoms with Crippen LogP contribution in [0.5, 0.6) is 0 Å². The maximum Gasteiger partial charge on any atom is 0.331 e. The molecule has 0 saturated carbocycles. The van der Waals surface area contributed by atoms with Crippen molar-refractivity contribution in [1.82, 2.24) is 0 Å². The van der Waals surface area contributed by atoms with Crippen LogP contribution in [0.4, 0.5) is 0 Å². The fraction of sp³-hybridized carbons (Fsp3) is 0.111. The number of hydrogen-bond donors (Lipinski definition) is 0. The molecule has 0 radical (unpaired) electrons. The summed E-state index contributed by atoms with van der Waals surface area (Å²) in [6.45, 7) is 3.10. The summed E-state index contributed by atoms with van der Waals surface area (Å²) in [5.74, 6) is 5.79. The van der Waals surface area contributed by atoms with Gasteiger partial charge in [0.1, 0.15) is 0 Å². The summed E-state index contributed by atoms with van der Waals surface area (Å²) in [6, 6.07) is 17.4. The van der Waals surface area contributed by atoms with E-state index >= 15 is 0 Å². The highest BCUT2D eigenvalue weighted by Gasteiger charge is 2.04. The molecule has 0 aliphatic heterocycles. The lowest BCUT2D eigenvalue weighted by atomic mass is 10.0. The molecule has 0 bridgehead atoms. The predicted octanol–water partition coefficient (Wildman–Crippen LogP) is 3.37. The van der Waals surface area contributed by atoms with Gasteiger partial charge in [0.2, 0.25) is 0 Å². The lowest BCUT2D eigenvalue weighted by Gasteiger charge is -2.03. The smallest absolute Gasteiger partial charge is 0.318 e. The molecule has 2 aromatic rings. The molecule has 0 heterocycles. The molecule has 3 nitrogen and oxygen atoms in total. The van der Waals surface area contributed by atoms with Gasteiger partial charge in [0, 0.05) is 23.6 Å². The van der Waals surface area contributed by atoms with Gasteiger partial charge in [-0.1, -0.05) is 53.4 Å². The van der Waals surface area contributed by atoms with Crippen LogP contribution in [0.2, 0.25) is 0 Å². The molecule has 0 saturated heterocycles. The first-order valence-corrected chi connectivity index (χ1v) is 6.55. The molecule has 0 amide bonds. The van der Waals surface area contributed by atoms with E-state index in [1.807, 2.05) is 54.6 Å². The third-order valence-corrected chi connectivity index (χ3v) is 2.74. The van der Waals surface area contributed by atoms with Crippen molar-refractivity contribution in [2.45, 2.75) is 13.8 Å². The van der Waals surface area contributed by atoms with E-state index in [4.69, 9.17) is 0 Å². The number of nitrogens with zero attached hydrogens (tertiary/aromatic N) is 1. The van der Waals surface area contributed by atoms with E-state index in [-0.39, 0.29) is 0 Å². The molecule has 0 aliphatic carbocycles. The number of carbonyl (C=O) groups excluding carboxylic acids is 1. The Morgan fingerprint density at radius 3 is 2.33 bits per heavy atom. The zero-order chi connectivity index (χ0) is 15.1. The van der Waals surface area contributed by atoms with E-state index in [2.05, 4.69) is 21.8 Å². The third kappa shape index (κ3) is 4.32. The van der Waals surface area contributed by atoms with Gasteiger partial charge in [-0.05, 0) is 25.1 Å². The SMILES string of the molecule is CC(=O)O/N=C(\C)c1ccccc1C#Cc1ccccc1. The Morgan fingerprint density at radius 1 is 0.952 bits per heavy atom. The fourth-order valence-electron chi connectivity index (χ4n) is 1.75. The molecule has 0 N–H and O–H groups in total. The van der Waals surface area contributed by atoms with Gasteiger partial charge in [-0.15, -0.1) is 0 Å². The van der Waals surface area contributed by atoms with Gasteiger partial charge in [-0.25, -0.2) is 4.79 Å². The van der Waals surface area contributed by atoms with Crippen LogP contribution in [0.25, 0.3) is 0 Å². The van der Waals surface area contributed by atoms with Crippen LogP contribution in [-0.4, -0.2) is 11.7 Å². The van der Waals surface area contributed by atoms with Crippen molar-refractivity contribution < 1.29 is 9.63 Å². The average Bonchev–Trinajstić information content (AvgIpc) is 2.52. The van der Waals surface area contributed by atoms with Gasteiger partial charge in [0.05, 0.1) is 5.71 Å². The summed E-state index contributed by atoms with van der Waals surface area (Å²) < 4.78 is 0. The number of rotatable bonds is 2. The van der Waals surface area contributed by atoms with Crippen LogP contribution < -0.4 is 0 Å². The molecule has 21 heavy (non-hydrogen) atoms. The highest BCUT2D eigenvalue weighted by Crippen LogP contribution is 2.10. The number of benzene rings is 2. The van der Waals surface area contributed by atoms with Gasteiger partial charge < -0.3 is 4.84 Å². The van der Waals surface area contributed by atoms with Gasteiger partial charge >= 0.3 is 5.97 Å². The molecule has 0 atom stereocenters. The highest BCUT2D eigenvalue weighted by atomic mass is 16.7. The van der Waals surface area contributed by atoms with E-state index in [1.165, 1.54) is 6.92 Å². The molecule has 0 unspecified atom stereocenters. The van der Waals surface area contributed by atoms with Crippen LogP contribution in [0.15, 0.2) is 59.8 Å². The molecule has 0 aromatic heterocycles. The lowest BCUT2D eigenvalue weighted by Crippen LogP contribution is -2.01. The van der Waals surface area contributed by atoms with Crippen LogP contribution in [0.3, 0.4) is 0 Å². The number of hydrogen-bond acceptors (Lipinski definition) is 3. The van der Waals surface area contributed by atoms with E-state index in [9.17, 15) is 4.79 Å². The molecule has 3 heteroatoms. The lowest BCUT2D eigenvalue weighted by molar-refractivity contribution is -0.140. The zero-order valence-electron chi connectivity index (χ0n) is 12.0. The van der Waals surface area contributed by atoms with Gasteiger partial charge in [0.15, 0.2) is 0 Å². The second kappa shape index (κ2) is 7.06. The minimum Gasteiger partial charge on any atom is -0.318 e. The van der Waals surface area contributed by atoms with E-state index < -0.39 is 5.97 Å². The van der Waals surface area contributed by atoms with Crippen LogP contribution in [0, 0.1) is 11.8 Å². The van der Waals surface area contributed by atoms with Crippen molar-refractivity contribution in [3.8, 4) is 11.8 Å². The summed E-state index contributed by atoms with van der Waals surface area (Å²) in [6.07, 6.45) is 0. The van der Waals surface area contributed by atoms with E-state index in [0.29, 0.717) is 5.71 Å². The first kappa shape index (κ1) is 14.5. The first-order valence-electron chi connectivity index (χ1n) is 6.55. The molecule has 2 aromatic carbocycles. The van der Waals surface area contributed by atoms with E-state index in [0.717, 1.165) is 16.7 Å². The van der Waals surface area contributed by atoms with Crippen molar-refractivity contribution in [1.29, 1.82) is 0 Å². The Balaban J connectivity index is 2.32. The van der Waals surface area contributed by atoms with Gasteiger partial charge in [-0.2, -0.15) is 0 Å². The Hall–Kier alpha value is -2.86. The standard InChI is InChI=1S/C18H15NO2/c1-14(19-21-15(2)20)18-11-7-6-10-17(18)13-12-16-8-4-3-5-9-16/h3-11H,1-2H3/b19-14+. The largest absolute Gasteiger partial charge is 0.331 e. The number of carbonyl (C=O) groups is 1. The topological polar surface area (TPSA) is 38.7 Å². The monoisotopic (exact) mass is 277 g/mol. The van der Waals surface area contributed by atoms with Gasteiger partial charge in [-0.3, -0.25) is 0 Å². The second-order valence-corrected chi connectivity index (χ2v) is 4.42. The molecule has 104 valence electrons. The van der Waals surface area contributed by atoms with Crippen molar-refractivity contribution >= 4 is 11.7 Å². The summed E-state index contributed by atoms with van der Waals surface area (Å²) >= 11 is 0. The minimum atomic E-state index is -0.442. The Bertz CT molecular complexity index is 722. The predicted molar refractivity (Wildman–Crippen MR) is 82.8 cm³/mol. The Labute approximate surface area is 124 Å². The molecular formula is C18H15NO2. The van der Waals surface area contributed by atoms with Crippen molar-refractivity contribution in [2.75, 3.05) is 0 Å². The quantitative estimate of drug-likeness (QED) is 0.365. The van der Waals surface area contributed by atoms with Crippen LogP contribution >= 0.6 is 0 Å². The Morgan fingerprint density at radius 2 is 1.62 bits per heavy atom. The maximum atomic E-state index is 10.8. The maximum absolute atomic E-state index is 10.8. The summed E-state index contributed by atoms with van der Waals surface area (Å²) in [4.78, 5) is 15.5. The normalized spacial score (nSPS) is 10.5. The van der Waals surface area contributed by atoms with Crippen molar-refractivity contribution in [3.05, 3.63) is 71.3 Å². The summed E-state index contributed by atoms with van der Waals surface area (Å²) in [7, 11) is 0. The molecule has 2 rings (SSSR count). The summed E-state index contributed by atoms with van der Waals surface area (Å²) in [5.41, 5.74) is 3.25. The van der Waals surface area contributed by atoms with Crippen molar-refractivity contribution in [2.24, 2.45) is 5.16 Å². The first-order chi connectivity index (χ1) is 10.2. The summed E-state index contributed by atoms with van der Waals surface area (Å²) in [5, 5.41) is 3.81. The zero-order valence-corrected chi connectivity index (χ0v) is 12.0. The fourth-order valence-corrected chi connectivity index (χ4v) is 1.75. The molecule has 0 spiro atoms. The highest BCUT2D eigenvalue weighted by molar-refractivity contribution is 6.00. The van der Waals surface area contributed by atoms with Crippen LogP contribution in [-0.2, 0) is 9.63 Å². The van der Waals surface area contributed by atoms with Crippen LogP contribution in [0.1, 0.15) is 30.5 Å². The van der Waals surface area contributed by atoms with Crippen molar-refractivity contribution in [3.63, 3.8) is 0 Å². The Kier molecular flexibility index (Phi) is 4.89. The molecule has 0 aliphatic rings. The third-order valence-electron chi connectivity index (χ3n) is 2.74.